The van der Waals surface area contributed by atoms with Crippen molar-refractivity contribution in [1.29, 1.82) is 0 Å². The molecule has 0 radical (unpaired) electrons. The molecular weight excluding hydrogens is 549 g/mol. The molecule has 42 heavy (non-hydrogen) atoms. The van der Waals surface area contributed by atoms with Crippen molar-refractivity contribution in [3.63, 3.8) is 0 Å². The maximum absolute atomic E-state index is 16.3. The van der Waals surface area contributed by atoms with E-state index in [-0.39, 0.29) is 34.2 Å². The summed E-state index contributed by atoms with van der Waals surface area (Å²) in [6.07, 6.45) is 1.51. The zero-order chi connectivity index (χ0) is 29.9. The summed E-state index contributed by atoms with van der Waals surface area (Å²) in [5.74, 6) is 1.51. The van der Waals surface area contributed by atoms with E-state index < -0.39 is 11.4 Å². The van der Waals surface area contributed by atoms with Gasteiger partial charge in [-0.15, -0.1) is 0 Å². The molecule has 0 spiro atoms. The number of benzene rings is 3. The van der Waals surface area contributed by atoms with Gasteiger partial charge in [0.15, 0.2) is 11.6 Å². The number of nitrogens with one attached hydrogen (secondary N) is 1. The Kier molecular flexibility index (Phi) is 8.80. The number of hydrogen-bond acceptors (Lipinski definition) is 6. The van der Waals surface area contributed by atoms with Crippen molar-refractivity contribution in [2.75, 3.05) is 34.8 Å². The molecule has 1 N–H and O–H groups in total. The fourth-order valence-electron chi connectivity index (χ4n) is 5.04. The summed E-state index contributed by atoms with van der Waals surface area (Å²) in [5.41, 5.74) is 1.95. The largest absolute Gasteiger partial charge is 0.336 e. The van der Waals surface area contributed by atoms with Crippen LogP contribution in [0.3, 0.4) is 0 Å². The molecule has 1 saturated heterocycles. The fraction of sp³-hybridized carbons (Fsp3) is 0.303. The average Bonchev–Trinajstić information content (AvgIpc) is 2.97. The van der Waals surface area contributed by atoms with E-state index in [9.17, 15) is 9.59 Å². The number of nitrogens with zero attached hydrogens (tertiary/aromatic N) is 4. The van der Waals surface area contributed by atoms with Gasteiger partial charge in [-0.2, -0.15) is 11.8 Å². The number of aromatic nitrogens is 2. The third-order valence-electron chi connectivity index (χ3n) is 7.19. The van der Waals surface area contributed by atoms with Crippen LogP contribution in [0.25, 0.3) is 11.3 Å². The van der Waals surface area contributed by atoms with E-state index in [2.05, 4.69) is 15.2 Å². The van der Waals surface area contributed by atoms with Crippen LogP contribution in [0, 0.1) is 5.82 Å². The number of amides is 1. The fourth-order valence-corrected chi connectivity index (χ4v) is 6.02. The van der Waals surface area contributed by atoms with E-state index in [4.69, 9.17) is 0 Å². The quantitative estimate of drug-likeness (QED) is 0.274. The molecular formula is C33H36FN5O2S. The van der Waals surface area contributed by atoms with Crippen LogP contribution >= 0.6 is 11.8 Å². The predicted molar refractivity (Wildman–Crippen MR) is 170 cm³/mol. The van der Waals surface area contributed by atoms with Crippen molar-refractivity contribution in [1.82, 2.24) is 14.5 Å². The predicted octanol–water partition coefficient (Wildman–Crippen LogP) is 6.32. The Morgan fingerprint density at radius 3 is 2.36 bits per heavy atom. The summed E-state index contributed by atoms with van der Waals surface area (Å²) >= 11 is 1.99. The normalized spacial score (nSPS) is 14.0. The van der Waals surface area contributed by atoms with Gasteiger partial charge in [0.2, 0.25) is 0 Å². The van der Waals surface area contributed by atoms with Gasteiger partial charge in [0.1, 0.15) is 0 Å². The third kappa shape index (κ3) is 6.58. The highest BCUT2D eigenvalue weighted by Gasteiger charge is 2.32. The van der Waals surface area contributed by atoms with E-state index in [1.165, 1.54) is 21.2 Å². The number of hydrogen-bond donors (Lipinski definition) is 1. The molecule has 1 aliphatic heterocycles. The molecule has 9 heteroatoms. The molecule has 3 aromatic carbocycles. The Morgan fingerprint density at radius 2 is 1.69 bits per heavy atom. The van der Waals surface area contributed by atoms with Gasteiger partial charge in [-0.05, 0) is 62.7 Å². The molecule has 0 saturated carbocycles. The molecule has 1 aromatic heterocycles. The molecule has 1 aliphatic rings. The van der Waals surface area contributed by atoms with Gasteiger partial charge in [-0.3, -0.25) is 14.5 Å². The van der Waals surface area contributed by atoms with Crippen LogP contribution in [0.15, 0.2) is 83.8 Å². The van der Waals surface area contributed by atoms with Crippen LogP contribution < -0.4 is 15.8 Å². The minimum atomic E-state index is -0.713. The maximum Gasteiger partial charge on any atom is 0.293 e. The summed E-state index contributed by atoms with van der Waals surface area (Å²) < 4.78 is 17.7. The van der Waals surface area contributed by atoms with Crippen molar-refractivity contribution >= 4 is 34.9 Å². The maximum atomic E-state index is 16.3. The lowest BCUT2D eigenvalue weighted by atomic mass is 10.0. The van der Waals surface area contributed by atoms with Crippen molar-refractivity contribution in [3.8, 4) is 11.3 Å². The van der Waals surface area contributed by atoms with Gasteiger partial charge in [-0.25, -0.2) is 9.37 Å². The molecule has 1 amide bonds. The molecule has 5 rings (SSSR count). The molecule has 0 aliphatic carbocycles. The van der Waals surface area contributed by atoms with Gasteiger partial charge in [0.25, 0.3) is 11.5 Å². The minimum Gasteiger partial charge on any atom is -0.336 e. The summed E-state index contributed by atoms with van der Waals surface area (Å²) in [4.78, 5) is 35.0. The lowest BCUT2D eigenvalue weighted by molar-refractivity contribution is 0.0964. The second kappa shape index (κ2) is 12.5. The number of carbonyl (C=O) groups is 1. The second-order valence-corrected chi connectivity index (χ2v) is 12.6. The van der Waals surface area contributed by atoms with Crippen LogP contribution in [0.4, 0.5) is 21.6 Å². The highest BCUT2D eigenvalue weighted by molar-refractivity contribution is 7.99. The topological polar surface area (TPSA) is 70.5 Å². The Hall–Kier alpha value is -3.95. The van der Waals surface area contributed by atoms with Gasteiger partial charge >= 0.3 is 0 Å². The Bertz CT molecular complexity index is 1610. The van der Waals surface area contributed by atoms with Crippen molar-refractivity contribution in [2.24, 2.45) is 7.05 Å². The lowest BCUT2D eigenvalue weighted by Crippen LogP contribution is -2.46. The monoisotopic (exact) mass is 585 g/mol. The van der Waals surface area contributed by atoms with Gasteiger partial charge in [0.05, 0.1) is 11.4 Å². The second-order valence-electron chi connectivity index (χ2n) is 11.4. The number of anilines is 3. The molecule has 0 bridgehead atoms. The standard InChI is InChI=1S/C33H36FN5O2S/c1-33(2,3)39(31(40)24-9-6-5-7-10-24)28-12-8-11-26(29(28)34)27-22-37(4)32(41)30(36-27)35-25-15-13-23(14-16-25)21-38-17-19-42-20-18-38/h5-16,22H,17-21H2,1-4H3,(H,35,36). The smallest absolute Gasteiger partial charge is 0.293 e. The van der Waals surface area contributed by atoms with Gasteiger partial charge in [-0.1, -0.05) is 36.4 Å². The summed E-state index contributed by atoms with van der Waals surface area (Å²) in [7, 11) is 1.61. The van der Waals surface area contributed by atoms with E-state index >= 15 is 4.39 Å². The van der Waals surface area contributed by atoms with E-state index in [1.54, 1.807) is 49.5 Å². The number of carbonyl (C=O) groups excluding carboxylic acids is 1. The van der Waals surface area contributed by atoms with Crippen LogP contribution in [0.5, 0.6) is 0 Å². The van der Waals surface area contributed by atoms with Crippen LogP contribution in [-0.2, 0) is 13.6 Å². The molecule has 7 nitrogen and oxygen atoms in total. The molecule has 0 atom stereocenters. The van der Waals surface area contributed by atoms with Crippen LogP contribution in [0.1, 0.15) is 36.7 Å². The Balaban J connectivity index is 1.45. The molecule has 1 fully saturated rings. The first-order valence-electron chi connectivity index (χ1n) is 14.0. The Labute approximate surface area is 250 Å². The molecule has 0 unspecified atom stereocenters. The van der Waals surface area contributed by atoms with Gasteiger partial charge < -0.3 is 14.8 Å². The highest BCUT2D eigenvalue weighted by atomic mass is 32.2. The summed E-state index contributed by atoms with van der Waals surface area (Å²) in [6, 6.07) is 21.7. The number of thioether (sulfide) groups is 1. The summed E-state index contributed by atoms with van der Waals surface area (Å²) in [6.45, 7) is 8.66. The lowest BCUT2D eigenvalue weighted by Gasteiger charge is -2.36. The number of rotatable bonds is 7. The van der Waals surface area contributed by atoms with Crippen LogP contribution in [-0.4, -0.2) is 50.5 Å². The van der Waals surface area contributed by atoms with E-state index in [0.29, 0.717) is 5.56 Å². The van der Waals surface area contributed by atoms with Crippen molar-refractivity contribution < 1.29 is 9.18 Å². The van der Waals surface area contributed by atoms with Crippen molar-refractivity contribution in [2.45, 2.75) is 32.9 Å². The molecule has 218 valence electrons. The number of aryl methyl sites for hydroxylation is 1. The van der Waals surface area contributed by atoms with Gasteiger partial charge in [0, 0.05) is 66.7 Å². The highest BCUT2D eigenvalue weighted by Crippen LogP contribution is 2.34. The van der Waals surface area contributed by atoms with Crippen molar-refractivity contribution in [3.05, 3.63) is 106 Å². The number of halogens is 1. The zero-order valence-corrected chi connectivity index (χ0v) is 25.2. The van der Waals surface area contributed by atoms with E-state index in [0.717, 1.165) is 36.8 Å². The zero-order valence-electron chi connectivity index (χ0n) is 24.4. The Morgan fingerprint density at radius 1 is 1.00 bits per heavy atom. The molecule has 4 aromatic rings. The third-order valence-corrected chi connectivity index (χ3v) is 8.13. The minimum absolute atomic E-state index is 0.0913. The first kappa shape index (κ1) is 29.5. The first-order valence-corrected chi connectivity index (χ1v) is 15.2. The first-order chi connectivity index (χ1) is 20.1. The van der Waals surface area contributed by atoms with E-state index in [1.807, 2.05) is 62.9 Å². The molecule has 2 heterocycles. The average molecular weight is 586 g/mol. The van der Waals surface area contributed by atoms with Crippen LogP contribution in [0.2, 0.25) is 0 Å². The SMILES string of the molecule is Cn1cc(-c2cccc(N(C(=O)c3ccccc3)C(C)(C)C)c2F)nc(Nc2ccc(CN3CCSCC3)cc2)c1=O. The summed E-state index contributed by atoms with van der Waals surface area (Å²) in [5, 5.41) is 3.13.